The first-order valence-electron chi connectivity index (χ1n) is 5.66. The molecular formula is C12H20. The maximum Gasteiger partial charge on any atom is -0.0318 e. The maximum absolute atomic E-state index is 2.55. The summed E-state index contributed by atoms with van der Waals surface area (Å²) in [6, 6.07) is 0. The highest BCUT2D eigenvalue weighted by molar-refractivity contribution is 5.01. The van der Waals surface area contributed by atoms with Crippen LogP contribution in [-0.2, 0) is 0 Å². The zero-order valence-corrected chi connectivity index (χ0v) is 8.34. The third-order valence-electron chi connectivity index (χ3n) is 5.05. The van der Waals surface area contributed by atoms with E-state index in [0.29, 0.717) is 0 Å². The van der Waals surface area contributed by atoms with E-state index in [2.05, 4.69) is 13.8 Å². The van der Waals surface area contributed by atoms with Gasteiger partial charge in [0.2, 0.25) is 0 Å². The van der Waals surface area contributed by atoms with Gasteiger partial charge in [0.25, 0.3) is 0 Å². The van der Waals surface area contributed by atoms with Gasteiger partial charge in [0.15, 0.2) is 0 Å². The van der Waals surface area contributed by atoms with Crippen molar-refractivity contribution in [2.75, 3.05) is 0 Å². The molecule has 2 atom stereocenters. The van der Waals surface area contributed by atoms with Gasteiger partial charge in [-0.15, -0.1) is 0 Å². The first-order valence-corrected chi connectivity index (χ1v) is 5.66. The second-order valence-corrected chi connectivity index (χ2v) is 6.14. The summed E-state index contributed by atoms with van der Waals surface area (Å²) >= 11 is 0. The Labute approximate surface area is 75.7 Å². The highest BCUT2D eigenvalue weighted by Gasteiger charge is 2.51. The van der Waals surface area contributed by atoms with Gasteiger partial charge in [-0.3, -0.25) is 0 Å². The summed E-state index contributed by atoms with van der Waals surface area (Å²) in [7, 11) is 0. The Bertz CT molecular complexity index is 190. The fraction of sp³-hybridized carbons (Fsp3) is 1.00. The topological polar surface area (TPSA) is 0 Å². The molecule has 4 bridgehead atoms. The zero-order chi connectivity index (χ0) is 8.34. The standard InChI is InChI=1S/C12H20/c1-8-10-3-9-4-11(8)7-12(2,5-9)6-10/h8-11H,3-7H2,1-2H3/t8?,9?,10-,11-,12?/m1/s1. The lowest BCUT2D eigenvalue weighted by atomic mass is 9.47. The summed E-state index contributed by atoms with van der Waals surface area (Å²) in [5.41, 5.74) is 0.781. The molecule has 0 heterocycles. The predicted molar refractivity (Wildman–Crippen MR) is 50.8 cm³/mol. The normalized spacial score (nSPS) is 62.5. The van der Waals surface area contributed by atoms with Crippen molar-refractivity contribution in [3.05, 3.63) is 0 Å². The van der Waals surface area contributed by atoms with Crippen LogP contribution in [0.25, 0.3) is 0 Å². The molecular weight excluding hydrogens is 144 g/mol. The van der Waals surface area contributed by atoms with Gasteiger partial charge in [0.05, 0.1) is 0 Å². The minimum Gasteiger partial charge on any atom is -0.0620 e. The molecule has 4 aliphatic carbocycles. The lowest BCUT2D eigenvalue weighted by molar-refractivity contribution is -0.0796. The molecule has 4 aliphatic rings. The first-order chi connectivity index (χ1) is 5.66. The summed E-state index contributed by atoms with van der Waals surface area (Å²) in [5, 5.41) is 0. The van der Waals surface area contributed by atoms with Crippen LogP contribution in [0.1, 0.15) is 46.0 Å². The second kappa shape index (κ2) is 2.08. The van der Waals surface area contributed by atoms with Crippen molar-refractivity contribution in [2.45, 2.75) is 46.0 Å². The van der Waals surface area contributed by atoms with Gasteiger partial charge in [-0.1, -0.05) is 13.8 Å². The molecule has 0 amide bonds. The van der Waals surface area contributed by atoms with E-state index in [4.69, 9.17) is 0 Å². The molecule has 0 aromatic rings. The van der Waals surface area contributed by atoms with Crippen molar-refractivity contribution in [2.24, 2.45) is 29.1 Å². The summed E-state index contributed by atoms with van der Waals surface area (Å²) in [6.07, 6.45) is 7.83. The molecule has 0 saturated heterocycles. The van der Waals surface area contributed by atoms with Crippen LogP contribution >= 0.6 is 0 Å². The highest BCUT2D eigenvalue weighted by atomic mass is 14.6. The maximum atomic E-state index is 2.55. The average molecular weight is 164 g/mol. The van der Waals surface area contributed by atoms with E-state index in [1.807, 2.05) is 0 Å². The molecule has 68 valence electrons. The van der Waals surface area contributed by atoms with E-state index in [1.165, 1.54) is 0 Å². The Hall–Kier alpha value is 0. The summed E-state index contributed by atoms with van der Waals surface area (Å²) in [6.45, 7) is 5.06. The van der Waals surface area contributed by atoms with Crippen LogP contribution in [0.3, 0.4) is 0 Å². The van der Waals surface area contributed by atoms with Gasteiger partial charge >= 0.3 is 0 Å². The van der Waals surface area contributed by atoms with E-state index in [9.17, 15) is 0 Å². The van der Waals surface area contributed by atoms with Gasteiger partial charge in [0, 0.05) is 0 Å². The van der Waals surface area contributed by atoms with Crippen molar-refractivity contribution in [1.29, 1.82) is 0 Å². The van der Waals surface area contributed by atoms with E-state index in [-0.39, 0.29) is 0 Å². The molecule has 0 aliphatic heterocycles. The van der Waals surface area contributed by atoms with Gasteiger partial charge in [0.1, 0.15) is 0 Å². The van der Waals surface area contributed by atoms with Crippen LogP contribution < -0.4 is 0 Å². The van der Waals surface area contributed by atoms with Crippen LogP contribution in [0.15, 0.2) is 0 Å². The lowest BCUT2D eigenvalue weighted by Crippen LogP contribution is -2.48. The molecule has 0 aromatic carbocycles. The Morgan fingerprint density at radius 1 is 1.00 bits per heavy atom. The highest BCUT2D eigenvalue weighted by Crippen LogP contribution is 2.61. The molecule has 0 radical (unpaired) electrons. The van der Waals surface area contributed by atoms with Crippen LogP contribution in [0.2, 0.25) is 0 Å². The molecule has 0 spiro atoms. The van der Waals surface area contributed by atoms with Crippen LogP contribution in [-0.4, -0.2) is 0 Å². The third-order valence-corrected chi connectivity index (χ3v) is 5.05. The first kappa shape index (κ1) is 7.41. The molecule has 4 fully saturated rings. The number of hydrogen-bond donors (Lipinski definition) is 0. The molecule has 0 aromatic heterocycles. The zero-order valence-electron chi connectivity index (χ0n) is 8.34. The summed E-state index contributed by atoms with van der Waals surface area (Å²) in [5.74, 6) is 4.42. The van der Waals surface area contributed by atoms with E-state index in [1.54, 1.807) is 32.1 Å². The molecule has 4 rings (SSSR count). The minimum atomic E-state index is 0.781. The van der Waals surface area contributed by atoms with E-state index in [0.717, 1.165) is 29.1 Å². The predicted octanol–water partition coefficient (Wildman–Crippen LogP) is 3.47. The SMILES string of the molecule is CC1[C@@H]2CC3C[C@@H]1CC(C)(C3)C2. The third kappa shape index (κ3) is 0.843. The van der Waals surface area contributed by atoms with E-state index >= 15 is 0 Å². The smallest absolute Gasteiger partial charge is 0.0318 e. The fourth-order valence-corrected chi connectivity index (χ4v) is 4.68. The molecule has 0 heteroatoms. The Kier molecular flexibility index (Phi) is 1.28. The van der Waals surface area contributed by atoms with Crippen LogP contribution in [0.5, 0.6) is 0 Å². The van der Waals surface area contributed by atoms with Gasteiger partial charge < -0.3 is 0 Å². The van der Waals surface area contributed by atoms with Crippen molar-refractivity contribution in [3.63, 3.8) is 0 Å². The molecule has 0 N–H and O–H groups in total. The molecule has 0 unspecified atom stereocenters. The van der Waals surface area contributed by atoms with Crippen molar-refractivity contribution >= 4 is 0 Å². The summed E-state index contributed by atoms with van der Waals surface area (Å²) in [4.78, 5) is 0. The van der Waals surface area contributed by atoms with Crippen molar-refractivity contribution in [3.8, 4) is 0 Å². The van der Waals surface area contributed by atoms with Crippen molar-refractivity contribution in [1.82, 2.24) is 0 Å². The van der Waals surface area contributed by atoms with Gasteiger partial charge in [-0.2, -0.15) is 0 Å². The number of hydrogen-bond acceptors (Lipinski definition) is 0. The van der Waals surface area contributed by atoms with Crippen LogP contribution in [0, 0.1) is 29.1 Å². The second-order valence-electron chi connectivity index (χ2n) is 6.14. The largest absolute Gasteiger partial charge is 0.0620 e. The fourth-order valence-electron chi connectivity index (χ4n) is 4.68. The average Bonchev–Trinajstić information content (AvgIpc) is 1.96. The molecule has 0 nitrogen and oxygen atoms in total. The lowest BCUT2D eigenvalue weighted by Gasteiger charge is -2.58. The minimum absolute atomic E-state index is 0.781. The Morgan fingerprint density at radius 3 is 2.08 bits per heavy atom. The Morgan fingerprint density at radius 2 is 1.58 bits per heavy atom. The summed E-state index contributed by atoms with van der Waals surface area (Å²) < 4.78 is 0. The van der Waals surface area contributed by atoms with Crippen molar-refractivity contribution < 1.29 is 0 Å². The van der Waals surface area contributed by atoms with Gasteiger partial charge in [-0.05, 0) is 61.2 Å². The molecule has 12 heavy (non-hydrogen) atoms. The van der Waals surface area contributed by atoms with Crippen LogP contribution in [0.4, 0.5) is 0 Å². The van der Waals surface area contributed by atoms with Gasteiger partial charge in [-0.25, -0.2) is 0 Å². The quantitative estimate of drug-likeness (QED) is 0.514. The Balaban J connectivity index is 1.95. The monoisotopic (exact) mass is 164 g/mol. The van der Waals surface area contributed by atoms with E-state index < -0.39 is 0 Å². The number of rotatable bonds is 0. The molecule has 4 saturated carbocycles.